The molecule has 0 aliphatic rings. The van der Waals surface area contributed by atoms with Crippen LogP contribution >= 0.6 is 23.6 Å². The number of nitrogens with zero attached hydrogens (tertiary/aromatic N) is 2. The van der Waals surface area contributed by atoms with Gasteiger partial charge in [-0.3, -0.25) is 14.5 Å². The molecule has 3 aromatic rings. The molecule has 2 N–H and O–H groups in total. The highest BCUT2D eigenvalue weighted by Crippen LogP contribution is 2.19. The standard InChI is InChI=1S/C18H20N4OS2/c1-3-14-7-8-15(25-14)10-19-16(23)11-22-17(20-21-18(22)24)13-6-4-5-12(2)9-13/h4-9H,3,10-11H2,1-2H3,(H,19,23)(H,21,24). The first-order chi connectivity index (χ1) is 12.1. The fourth-order valence-corrected chi connectivity index (χ4v) is 3.66. The van der Waals surface area contributed by atoms with Gasteiger partial charge in [0, 0.05) is 15.3 Å². The maximum absolute atomic E-state index is 12.3. The minimum Gasteiger partial charge on any atom is -0.350 e. The molecule has 2 aromatic heterocycles. The van der Waals surface area contributed by atoms with Crippen LogP contribution in [0.3, 0.4) is 0 Å². The number of aromatic nitrogens is 3. The summed E-state index contributed by atoms with van der Waals surface area (Å²) in [6, 6.07) is 12.1. The molecule has 1 amide bonds. The summed E-state index contributed by atoms with van der Waals surface area (Å²) in [7, 11) is 0. The van der Waals surface area contributed by atoms with Gasteiger partial charge < -0.3 is 5.32 Å². The zero-order chi connectivity index (χ0) is 17.8. The van der Waals surface area contributed by atoms with E-state index in [4.69, 9.17) is 12.2 Å². The molecule has 0 aliphatic carbocycles. The van der Waals surface area contributed by atoms with Gasteiger partial charge in [0.25, 0.3) is 0 Å². The number of amides is 1. The highest BCUT2D eigenvalue weighted by molar-refractivity contribution is 7.71. The summed E-state index contributed by atoms with van der Waals surface area (Å²) in [6.45, 7) is 4.83. The molecule has 0 spiro atoms. The second-order valence-corrected chi connectivity index (χ2v) is 7.45. The highest BCUT2D eigenvalue weighted by Gasteiger charge is 2.12. The van der Waals surface area contributed by atoms with E-state index in [9.17, 15) is 4.79 Å². The number of aromatic amines is 1. The van der Waals surface area contributed by atoms with Crippen molar-refractivity contribution in [3.05, 3.63) is 56.5 Å². The van der Waals surface area contributed by atoms with Crippen LogP contribution in [0, 0.1) is 11.7 Å². The molecular formula is C18H20N4OS2. The average molecular weight is 373 g/mol. The number of thiophene rings is 1. The third-order valence-electron chi connectivity index (χ3n) is 3.86. The van der Waals surface area contributed by atoms with Crippen LogP contribution in [-0.2, 0) is 24.3 Å². The molecule has 0 unspecified atom stereocenters. The molecule has 7 heteroatoms. The topological polar surface area (TPSA) is 62.7 Å². The smallest absolute Gasteiger partial charge is 0.240 e. The highest BCUT2D eigenvalue weighted by atomic mass is 32.1. The van der Waals surface area contributed by atoms with E-state index < -0.39 is 0 Å². The van der Waals surface area contributed by atoms with E-state index in [2.05, 4.69) is 34.6 Å². The number of aryl methyl sites for hydroxylation is 2. The summed E-state index contributed by atoms with van der Waals surface area (Å²) < 4.78 is 2.17. The van der Waals surface area contributed by atoms with Gasteiger partial charge >= 0.3 is 0 Å². The largest absolute Gasteiger partial charge is 0.350 e. The Morgan fingerprint density at radius 2 is 2.12 bits per heavy atom. The van der Waals surface area contributed by atoms with Crippen LogP contribution in [0.2, 0.25) is 0 Å². The Morgan fingerprint density at radius 1 is 1.32 bits per heavy atom. The van der Waals surface area contributed by atoms with Crippen molar-refractivity contribution >= 4 is 29.5 Å². The first-order valence-electron chi connectivity index (χ1n) is 8.13. The van der Waals surface area contributed by atoms with Gasteiger partial charge in [0.2, 0.25) is 5.91 Å². The number of hydrogen-bond acceptors (Lipinski definition) is 4. The molecule has 3 rings (SSSR count). The summed E-state index contributed by atoms with van der Waals surface area (Å²) in [5.74, 6) is 0.589. The average Bonchev–Trinajstić information content (AvgIpc) is 3.20. The van der Waals surface area contributed by atoms with E-state index in [1.807, 2.05) is 31.2 Å². The summed E-state index contributed by atoms with van der Waals surface area (Å²) in [6.07, 6.45) is 1.02. The maximum Gasteiger partial charge on any atom is 0.240 e. The molecule has 0 aliphatic heterocycles. The monoisotopic (exact) mass is 372 g/mol. The number of hydrogen-bond donors (Lipinski definition) is 2. The van der Waals surface area contributed by atoms with Gasteiger partial charge in [-0.15, -0.1) is 11.3 Å². The molecule has 0 radical (unpaired) electrons. The summed E-state index contributed by atoms with van der Waals surface area (Å²) >= 11 is 7.01. The number of nitrogens with one attached hydrogen (secondary N) is 2. The third kappa shape index (κ3) is 4.24. The third-order valence-corrected chi connectivity index (χ3v) is 5.40. The molecule has 0 saturated carbocycles. The van der Waals surface area contributed by atoms with Crippen LogP contribution < -0.4 is 5.32 Å². The molecule has 0 bridgehead atoms. The van der Waals surface area contributed by atoms with Crippen LogP contribution in [0.15, 0.2) is 36.4 Å². The molecule has 0 saturated heterocycles. The van der Waals surface area contributed by atoms with Crippen molar-refractivity contribution < 1.29 is 4.79 Å². The summed E-state index contributed by atoms with van der Waals surface area (Å²) in [4.78, 5) is 14.8. The van der Waals surface area contributed by atoms with Gasteiger partial charge in [-0.2, -0.15) is 5.10 Å². The Balaban J connectivity index is 1.71. The minimum absolute atomic E-state index is 0.0853. The fraction of sp³-hybridized carbons (Fsp3) is 0.278. The second kappa shape index (κ2) is 7.76. The molecule has 2 heterocycles. The fourth-order valence-electron chi connectivity index (χ4n) is 2.56. The number of carbonyl (C=O) groups excluding carboxylic acids is 1. The predicted molar refractivity (Wildman–Crippen MR) is 103 cm³/mol. The number of H-pyrrole nitrogens is 1. The number of carbonyl (C=O) groups is 1. The van der Waals surface area contributed by atoms with Crippen LogP contribution in [-0.4, -0.2) is 20.7 Å². The zero-order valence-corrected chi connectivity index (χ0v) is 15.8. The Kier molecular flexibility index (Phi) is 5.45. The lowest BCUT2D eigenvalue weighted by atomic mass is 10.1. The predicted octanol–water partition coefficient (Wildman–Crippen LogP) is 3.86. The van der Waals surface area contributed by atoms with Gasteiger partial charge in [0.1, 0.15) is 6.54 Å². The van der Waals surface area contributed by atoms with Gasteiger partial charge in [-0.25, -0.2) is 0 Å². The second-order valence-electron chi connectivity index (χ2n) is 5.81. The SMILES string of the molecule is CCc1ccc(CNC(=O)Cn2c(-c3cccc(C)c3)n[nH]c2=S)s1. The van der Waals surface area contributed by atoms with Crippen molar-refractivity contribution in [1.29, 1.82) is 0 Å². The molecule has 130 valence electrons. The molecule has 5 nitrogen and oxygen atoms in total. The Hall–Kier alpha value is -2.25. The van der Waals surface area contributed by atoms with Crippen LogP contribution in [0.25, 0.3) is 11.4 Å². The van der Waals surface area contributed by atoms with Crippen molar-refractivity contribution in [3.63, 3.8) is 0 Å². The lowest BCUT2D eigenvalue weighted by Crippen LogP contribution is -2.27. The van der Waals surface area contributed by atoms with Gasteiger partial charge in [0.15, 0.2) is 10.6 Å². The number of benzene rings is 1. The Morgan fingerprint density at radius 3 is 2.84 bits per heavy atom. The van der Waals surface area contributed by atoms with Crippen LogP contribution in [0.5, 0.6) is 0 Å². The quantitative estimate of drug-likeness (QED) is 0.646. The summed E-state index contributed by atoms with van der Waals surface area (Å²) in [5, 5.41) is 10.0. The normalized spacial score (nSPS) is 10.8. The van der Waals surface area contributed by atoms with Crippen molar-refractivity contribution in [2.24, 2.45) is 0 Å². The minimum atomic E-state index is -0.0853. The van der Waals surface area contributed by atoms with E-state index in [-0.39, 0.29) is 12.5 Å². The Bertz CT molecular complexity index is 938. The van der Waals surface area contributed by atoms with Crippen molar-refractivity contribution in [1.82, 2.24) is 20.1 Å². The van der Waals surface area contributed by atoms with E-state index in [0.717, 1.165) is 22.4 Å². The first-order valence-corrected chi connectivity index (χ1v) is 9.36. The molecule has 0 fully saturated rings. The van der Waals surface area contributed by atoms with Crippen molar-refractivity contribution in [2.75, 3.05) is 0 Å². The van der Waals surface area contributed by atoms with Crippen LogP contribution in [0.4, 0.5) is 0 Å². The molecule has 0 atom stereocenters. The molecule has 1 aromatic carbocycles. The molecular weight excluding hydrogens is 352 g/mol. The molecule has 25 heavy (non-hydrogen) atoms. The van der Waals surface area contributed by atoms with Gasteiger partial charge in [-0.05, 0) is 43.8 Å². The first kappa shape index (κ1) is 17.6. The van der Waals surface area contributed by atoms with Gasteiger partial charge in [0.05, 0.1) is 6.54 Å². The summed E-state index contributed by atoms with van der Waals surface area (Å²) in [5.41, 5.74) is 2.07. The lowest BCUT2D eigenvalue weighted by molar-refractivity contribution is -0.121. The van der Waals surface area contributed by atoms with E-state index in [1.165, 1.54) is 4.88 Å². The lowest BCUT2D eigenvalue weighted by Gasteiger charge is -2.08. The van der Waals surface area contributed by atoms with Gasteiger partial charge in [-0.1, -0.05) is 30.7 Å². The maximum atomic E-state index is 12.3. The van der Waals surface area contributed by atoms with Crippen molar-refractivity contribution in [2.45, 2.75) is 33.4 Å². The van der Waals surface area contributed by atoms with E-state index in [1.54, 1.807) is 15.9 Å². The Labute approximate surface area is 155 Å². The van der Waals surface area contributed by atoms with E-state index >= 15 is 0 Å². The zero-order valence-electron chi connectivity index (χ0n) is 14.2. The van der Waals surface area contributed by atoms with Crippen LogP contribution in [0.1, 0.15) is 22.2 Å². The number of rotatable bonds is 6. The van der Waals surface area contributed by atoms with E-state index in [0.29, 0.717) is 17.1 Å². The van der Waals surface area contributed by atoms with Crippen molar-refractivity contribution in [3.8, 4) is 11.4 Å².